The monoisotopic (exact) mass is 180 g/mol. The van der Waals surface area contributed by atoms with Gasteiger partial charge in [-0.15, -0.1) is 0 Å². The average Bonchev–Trinajstić information content (AvgIpc) is 2.21. The molecule has 0 aliphatic heterocycles. The summed E-state index contributed by atoms with van der Waals surface area (Å²) in [6, 6.07) is 10.1. The van der Waals surface area contributed by atoms with Gasteiger partial charge in [0, 0.05) is 7.11 Å². The van der Waals surface area contributed by atoms with E-state index in [-0.39, 0.29) is 6.29 Å². The third-order valence-electron chi connectivity index (χ3n) is 1.87. The van der Waals surface area contributed by atoms with Crippen LogP contribution in [0.1, 0.15) is 18.9 Å². The quantitative estimate of drug-likeness (QED) is 0.648. The normalized spacial score (nSPS) is 12.8. The Labute approximate surface area is 79.5 Å². The number of rotatable bonds is 5. The van der Waals surface area contributed by atoms with Gasteiger partial charge < -0.3 is 9.47 Å². The van der Waals surface area contributed by atoms with Gasteiger partial charge in [-0.2, -0.15) is 0 Å². The Bertz CT molecular complexity index is 217. The number of hydrogen-bond acceptors (Lipinski definition) is 2. The predicted molar refractivity (Wildman–Crippen MR) is 52.3 cm³/mol. The predicted octanol–water partition coefficient (Wildman–Crippen LogP) is 2.59. The van der Waals surface area contributed by atoms with E-state index >= 15 is 0 Å². The molecule has 72 valence electrons. The lowest BCUT2D eigenvalue weighted by molar-refractivity contribution is -0.132. The Balaban J connectivity index is 2.34. The van der Waals surface area contributed by atoms with Crippen molar-refractivity contribution in [1.29, 1.82) is 0 Å². The Morgan fingerprint density at radius 1 is 1.23 bits per heavy atom. The molecule has 0 spiro atoms. The standard InChI is InChI=1S/C11H16O2/c1-3-11(12-2)13-9-10-7-5-4-6-8-10/h4-8,11H,3,9H2,1-2H3. The zero-order valence-corrected chi connectivity index (χ0v) is 8.19. The van der Waals surface area contributed by atoms with E-state index in [1.54, 1.807) is 7.11 Å². The highest BCUT2D eigenvalue weighted by Crippen LogP contribution is 2.05. The van der Waals surface area contributed by atoms with E-state index in [9.17, 15) is 0 Å². The summed E-state index contributed by atoms with van der Waals surface area (Å²) in [7, 11) is 1.67. The smallest absolute Gasteiger partial charge is 0.157 e. The number of benzene rings is 1. The molecule has 2 heteroatoms. The van der Waals surface area contributed by atoms with Crippen LogP contribution in [0.15, 0.2) is 30.3 Å². The topological polar surface area (TPSA) is 18.5 Å². The summed E-state index contributed by atoms with van der Waals surface area (Å²) in [6.07, 6.45) is 0.795. The Morgan fingerprint density at radius 3 is 2.46 bits per heavy atom. The van der Waals surface area contributed by atoms with Gasteiger partial charge in [0.2, 0.25) is 0 Å². The maximum absolute atomic E-state index is 5.50. The molecule has 0 aliphatic carbocycles. The third-order valence-corrected chi connectivity index (χ3v) is 1.87. The lowest BCUT2D eigenvalue weighted by Crippen LogP contribution is -2.13. The van der Waals surface area contributed by atoms with Crippen LogP contribution in [0.2, 0.25) is 0 Å². The lowest BCUT2D eigenvalue weighted by Gasteiger charge is -2.13. The molecule has 2 nitrogen and oxygen atoms in total. The Kier molecular flexibility index (Phi) is 4.50. The molecule has 1 aromatic rings. The largest absolute Gasteiger partial charge is 0.356 e. The van der Waals surface area contributed by atoms with Crippen molar-refractivity contribution in [3.8, 4) is 0 Å². The summed E-state index contributed by atoms with van der Waals surface area (Å²) in [5.41, 5.74) is 1.18. The molecule has 0 N–H and O–H groups in total. The van der Waals surface area contributed by atoms with E-state index in [0.29, 0.717) is 6.61 Å². The van der Waals surface area contributed by atoms with Crippen LogP contribution in [0.5, 0.6) is 0 Å². The van der Waals surface area contributed by atoms with Crippen molar-refractivity contribution in [2.75, 3.05) is 7.11 Å². The molecular weight excluding hydrogens is 164 g/mol. The van der Waals surface area contributed by atoms with Crippen molar-refractivity contribution in [2.45, 2.75) is 26.2 Å². The highest BCUT2D eigenvalue weighted by molar-refractivity contribution is 5.13. The molecule has 0 aliphatic rings. The molecule has 0 saturated heterocycles. The van der Waals surface area contributed by atoms with Gasteiger partial charge in [-0.05, 0) is 12.0 Å². The summed E-state index contributed by atoms with van der Waals surface area (Å²) in [4.78, 5) is 0. The second-order valence-electron chi connectivity index (χ2n) is 2.87. The maximum Gasteiger partial charge on any atom is 0.157 e. The molecule has 0 amide bonds. The van der Waals surface area contributed by atoms with E-state index in [1.165, 1.54) is 5.56 Å². The Hall–Kier alpha value is -0.860. The average molecular weight is 180 g/mol. The number of methoxy groups -OCH3 is 1. The van der Waals surface area contributed by atoms with E-state index in [2.05, 4.69) is 0 Å². The molecule has 0 aromatic heterocycles. The van der Waals surface area contributed by atoms with Crippen LogP contribution in [-0.4, -0.2) is 13.4 Å². The van der Waals surface area contributed by atoms with E-state index < -0.39 is 0 Å². The van der Waals surface area contributed by atoms with Crippen LogP contribution in [0.25, 0.3) is 0 Å². The SMILES string of the molecule is CCC(OC)OCc1ccccc1. The van der Waals surface area contributed by atoms with Crippen LogP contribution in [0.3, 0.4) is 0 Å². The van der Waals surface area contributed by atoms with Gasteiger partial charge >= 0.3 is 0 Å². The fourth-order valence-corrected chi connectivity index (χ4v) is 1.12. The Morgan fingerprint density at radius 2 is 1.92 bits per heavy atom. The molecule has 0 fully saturated rings. The first-order valence-electron chi connectivity index (χ1n) is 4.55. The fraction of sp³-hybridized carbons (Fsp3) is 0.455. The minimum atomic E-state index is -0.0831. The highest BCUT2D eigenvalue weighted by atomic mass is 16.7. The first-order valence-corrected chi connectivity index (χ1v) is 4.55. The number of ether oxygens (including phenoxy) is 2. The molecule has 0 heterocycles. The summed E-state index contributed by atoms with van der Waals surface area (Å²) in [5, 5.41) is 0. The van der Waals surface area contributed by atoms with Crippen LogP contribution in [-0.2, 0) is 16.1 Å². The fourth-order valence-electron chi connectivity index (χ4n) is 1.12. The van der Waals surface area contributed by atoms with E-state index in [0.717, 1.165) is 6.42 Å². The summed E-state index contributed by atoms with van der Waals surface area (Å²) >= 11 is 0. The second-order valence-corrected chi connectivity index (χ2v) is 2.87. The van der Waals surface area contributed by atoms with Gasteiger partial charge in [0.15, 0.2) is 6.29 Å². The molecule has 13 heavy (non-hydrogen) atoms. The van der Waals surface area contributed by atoms with Gasteiger partial charge in [0.1, 0.15) is 0 Å². The molecular formula is C11H16O2. The van der Waals surface area contributed by atoms with Gasteiger partial charge in [0.05, 0.1) is 6.61 Å². The van der Waals surface area contributed by atoms with Crippen molar-refractivity contribution < 1.29 is 9.47 Å². The highest BCUT2D eigenvalue weighted by Gasteiger charge is 2.03. The van der Waals surface area contributed by atoms with Crippen LogP contribution in [0, 0.1) is 0 Å². The molecule has 1 unspecified atom stereocenters. The lowest BCUT2D eigenvalue weighted by atomic mass is 10.2. The van der Waals surface area contributed by atoms with Gasteiger partial charge in [-0.3, -0.25) is 0 Å². The number of hydrogen-bond donors (Lipinski definition) is 0. The van der Waals surface area contributed by atoms with Crippen LogP contribution < -0.4 is 0 Å². The van der Waals surface area contributed by atoms with E-state index in [4.69, 9.17) is 9.47 Å². The summed E-state index contributed by atoms with van der Waals surface area (Å²) < 4.78 is 10.6. The summed E-state index contributed by atoms with van der Waals surface area (Å²) in [5.74, 6) is 0. The minimum absolute atomic E-state index is 0.0831. The molecule has 0 radical (unpaired) electrons. The van der Waals surface area contributed by atoms with E-state index in [1.807, 2.05) is 37.3 Å². The zero-order chi connectivity index (χ0) is 9.52. The zero-order valence-electron chi connectivity index (χ0n) is 8.19. The first-order chi connectivity index (χ1) is 6.36. The molecule has 1 rings (SSSR count). The first kappa shape index (κ1) is 10.2. The second kappa shape index (κ2) is 5.73. The van der Waals surface area contributed by atoms with Gasteiger partial charge in [-0.25, -0.2) is 0 Å². The third kappa shape index (κ3) is 3.57. The molecule has 0 saturated carbocycles. The van der Waals surface area contributed by atoms with Crippen molar-refractivity contribution in [1.82, 2.24) is 0 Å². The van der Waals surface area contributed by atoms with Crippen molar-refractivity contribution in [3.05, 3.63) is 35.9 Å². The molecule has 1 atom stereocenters. The van der Waals surface area contributed by atoms with Crippen molar-refractivity contribution >= 4 is 0 Å². The molecule has 0 bridgehead atoms. The maximum atomic E-state index is 5.50. The minimum Gasteiger partial charge on any atom is -0.356 e. The van der Waals surface area contributed by atoms with Crippen LogP contribution >= 0.6 is 0 Å². The summed E-state index contributed by atoms with van der Waals surface area (Å²) in [6.45, 7) is 2.66. The van der Waals surface area contributed by atoms with Crippen molar-refractivity contribution in [3.63, 3.8) is 0 Å². The van der Waals surface area contributed by atoms with Gasteiger partial charge in [-0.1, -0.05) is 37.3 Å². The van der Waals surface area contributed by atoms with Crippen LogP contribution in [0.4, 0.5) is 0 Å². The van der Waals surface area contributed by atoms with Crippen molar-refractivity contribution in [2.24, 2.45) is 0 Å². The molecule has 1 aromatic carbocycles. The van der Waals surface area contributed by atoms with Gasteiger partial charge in [0.25, 0.3) is 0 Å².